The smallest absolute Gasteiger partial charge is 0.223 e. The number of hydrogen-bond acceptors (Lipinski definition) is 2. The van der Waals surface area contributed by atoms with Crippen molar-refractivity contribution in [3.05, 3.63) is 24.0 Å². The van der Waals surface area contributed by atoms with Crippen LogP contribution in [0.15, 0.2) is 18.3 Å². The van der Waals surface area contributed by atoms with Gasteiger partial charge in [0.15, 0.2) is 0 Å². The number of rotatable bonds is 4. The van der Waals surface area contributed by atoms with Crippen molar-refractivity contribution >= 4 is 5.91 Å². The van der Waals surface area contributed by atoms with E-state index in [0.717, 1.165) is 25.8 Å². The van der Waals surface area contributed by atoms with E-state index in [9.17, 15) is 4.79 Å². The highest BCUT2D eigenvalue weighted by molar-refractivity contribution is 5.76. The molecule has 0 spiro atoms. The van der Waals surface area contributed by atoms with Crippen molar-refractivity contribution in [2.45, 2.75) is 64.0 Å². The maximum atomic E-state index is 12.7. The average Bonchev–Trinajstić information content (AvgIpc) is 2.69. The Hall–Kier alpha value is -1.29. The largest absolute Gasteiger partial charge is 0.353 e. The number of hydrogen-bond donors (Lipinski definition) is 1. The Morgan fingerprint density at radius 3 is 2.76 bits per heavy atom. The maximum absolute atomic E-state index is 12.7. The Bertz CT molecular complexity index is 473. The Labute approximate surface area is 128 Å². The molecule has 1 aliphatic heterocycles. The van der Waals surface area contributed by atoms with Crippen LogP contribution in [0.5, 0.6) is 0 Å². The van der Waals surface area contributed by atoms with Gasteiger partial charge in [0.25, 0.3) is 0 Å². The molecule has 1 aliphatic rings. The fraction of sp³-hybridized carbons (Fsp3) is 0.706. The van der Waals surface area contributed by atoms with Gasteiger partial charge in [0.1, 0.15) is 0 Å². The molecule has 4 nitrogen and oxygen atoms in total. The third-order valence-corrected chi connectivity index (χ3v) is 4.38. The van der Waals surface area contributed by atoms with Gasteiger partial charge in [0, 0.05) is 37.4 Å². The summed E-state index contributed by atoms with van der Waals surface area (Å²) in [5, 5.41) is 0. The van der Waals surface area contributed by atoms with E-state index in [1.807, 2.05) is 13.8 Å². The van der Waals surface area contributed by atoms with Crippen molar-refractivity contribution in [2.24, 2.45) is 12.8 Å². The van der Waals surface area contributed by atoms with Crippen molar-refractivity contribution in [3.8, 4) is 0 Å². The predicted molar refractivity (Wildman–Crippen MR) is 85.8 cm³/mol. The van der Waals surface area contributed by atoms with E-state index in [4.69, 9.17) is 5.73 Å². The van der Waals surface area contributed by atoms with E-state index in [-0.39, 0.29) is 17.5 Å². The number of nitrogens with two attached hydrogens (primary N) is 1. The monoisotopic (exact) mass is 291 g/mol. The molecule has 1 fully saturated rings. The number of amides is 1. The molecule has 2 rings (SSSR count). The number of nitrogens with zero attached hydrogens (tertiary/aromatic N) is 2. The van der Waals surface area contributed by atoms with E-state index in [2.05, 4.69) is 34.8 Å². The first kappa shape index (κ1) is 16.1. The van der Waals surface area contributed by atoms with Crippen LogP contribution in [-0.4, -0.2) is 27.5 Å². The van der Waals surface area contributed by atoms with Gasteiger partial charge >= 0.3 is 0 Å². The highest BCUT2D eigenvalue weighted by Crippen LogP contribution is 2.31. The van der Waals surface area contributed by atoms with Crippen molar-refractivity contribution in [1.29, 1.82) is 0 Å². The first-order valence-electron chi connectivity index (χ1n) is 8.08. The lowest BCUT2D eigenvalue weighted by Gasteiger charge is -2.31. The molecule has 0 radical (unpaired) electrons. The lowest BCUT2D eigenvalue weighted by atomic mass is 9.99. The molecule has 1 saturated heterocycles. The summed E-state index contributed by atoms with van der Waals surface area (Å²) < 4.78 is 2.14. The van der Waals surface area contributed by atoms with E-state index < -0.39 is 0 Å². The fourth-order valence-corrected chi connectivity index (χ4v) is 3.11. The zero-order chi connectivity index (χ0) is 15.5. The second-order valence-electron chi connectivity index (χ2n) is 6.98. The molecule has 2 N–H and O–H groups in total. The van der Waals surface area contributed by atoms with Gasteiger partial charge in [-0.2, -0.15) is 0 Å². The average molecular weight is 291 g/mol. The molecule has 1 atom stereocenters. The Morgan fingerprint density at radius 1 is 1.38 bits per heavy atom. The summed E-state index contributed by atoms with van der Waals surface area (Å²) in [5.74, 6) is 0.252. The second kappa shape index (κ2) is 6.65. The SMILES string of the molecule is Cn1cccc1C1CCCCCN1C(=O)CCC(C)(C)N. The molecule has 1 aromatic heterocycles. The molecule has 1 amide bonds. The maximum Gasteiger partial charge on any atom is 0.223 e. The molecule has 0 bridgehead atoms. The molecule has 1 unspecified atom stereocenters. The molecule has 0 aliphatic carbocycles. The van der Waals surface area contributed by atoms with Crippen LogP contribution >= 0.6 is 0 Å². The zero-order valence-corrected chi connectivity index (χ0v) is 13.6. The second-order valence-corrected chi connectivity index (χ2v) is 6.98. The van der Waals surface area contributed by atoms with Crippen LogP contribution in [-0.2, 0) is 11.8 Å². The molecule has 2 heterocycles. The standard InChI is InChI=1S/C17H29N3O/c1-17(2,18)11-10-16(21)20-13-6-4-5-8-15(20)14-9-7-12-19(14)3/h7,9,12,15H,4-6,8,10-11,13,18H2,1-3H3. The highest BCUT2D eigenvalue weighted by Gasteiger charge is 2.28. The summed E-state index contributed by atoms with van der Waals surface area (Å²) >= 11 is 0. The van der Waals surface area contributed by atoms with Gasteiger partial charge in [-0.15, -0.1) is 0 Å². The summed E-state index contributed by atoms with van der Waals surface area (Å²) in [6.45, 7) is 4.84. The molecule has 4 heteroatoms. The molecular formula is C17H29N3O. The molecule has 21 heavy (non-hydrogen) atoms. The van der Waals surface area contributed by atoms with E-state index in [1.54, 1.807) is 0 Å². The van der Waals surface area contributed by atoms with Gasteiger partial charge in [-0.05, 0) is 45.2 Å². The van der Waals surface area contributed by atoms with Crippen LogP contribution in [0.2, 0.25) is 0 Å². The lowest BCUT2D eigenvalue weighted by Crippen LogP contribution is -2.38. The van der Waals surface area contributed by atoms with Crippen LogP contribution in [0, 0.1) is 0 Å². The third kappa shape index (κ3) is 4.34. The number of carbonyl (C=O) groups excluding carboxylic acids is 1. The van der Waals surface area contributed by atoms with Gasteiger partial charge in [0.2, 0.25) is 5.91 Å². The predicted octanol–water partition coefficient (Wildman–Crippen LogP) is 2.99. The summed E-state index contributed by atoms with van der Waals surface area (Å²) in [6.07, 6.45) is 7.93. The van der Waals surface area contributed by atoms with Crippen LogP contribution in [0.25, 0.3) is 0 Å². The minimum atomic E-state index is -0.276. The molecule has 1 aromatic rings. The zero-order valence-electron chi connectivity index (χ0n) is 13.6. The van der Waals surface area contributed by atoms with Crippen molar-refractivity contribution < 1.29 is 4.79 Å². The lowest BCUT2D eigenvalue weighted by molar-refractivity contribution is -0.134. The number of aryl methyl sites for hydroxylation is 1. The molecule has 0 aromatic carbocycles. The first-order chi connectivity index (χ1) is 9.88. The van der Waals surface area contributed by atoms with E-state index in [0.29, 0.717) is 6.42 Å². The van der Waals surface area contributed by atoms with Gasteiger partial charge in [-0.25, -0.2) is 0 Å². The van der Waals surface area contributed by atoms with Gasteiger partial charge < -0.3 is 15.2 Å². The van der Waals surface area contributed by atoms with E-state index in [1.165, 1.54) is 18.5 Å². The summed E-state index contributed by atoms with van der Waals surface area (Å²) in [7, 11) is 2.06. The van der Waals surface area contributed by atoms with Crippen molar-refractivity contribution in [1.82, 2.24) is 9.47 Å². The fourth-order valence-electron chi connectivity index (χ4n) is 3.11. The Morgan fingerprint density at radius 2 is 2.14 bits per heavy atom. The highest BCUT2D eigenvalue weighted by atomic mass is 16.2. The van der Waals surface area contributed by atoms with Crippen molar-refractivity contribution in [2.75, 3.05) is 6.54 Å². The first-order valence-corrected chi connectivity index (χ1v) is 8.08. The molecule has 118 valence electrons. The number of carbonyl (C=O) groups is 1. The number of likely N-dealkylation sites (tertiary alicyclic amines) is 1. The van der Waals surface area contributed by atoms with Crippen LogP contribution in [0.4, 0.5) is 0 Å². The molecular weight excluding hydrogens is 262 g/mol. The summed E-state index contributed by atoms with van der Waals surface area (Å²) in [6, 6.07) is 4.43. The van der Waals surface area contributed by atoms with Crippen LogP contribution < -0.4 is 5.73 Å². The van der Waals surface area contributed by atoms with Crippen molar-refractivity contribution in [3.63, 3.8) is 0 Å². The third-order valence-electron chi connectivity index (χ3n) is 4.38. The van der Waals surface area contributed by atoms with Crippen LogP contribution in [0.1, 0.15) is 64.1 Å². The normalized spacial score (nSPS) is 20.4. The van der Waals surface area contributed by atoms with Crippen LogP contribution in [0.3, 0.4) is 0 Å². The van der Waals surface area contributed by atoms with E-state index >= 15 is 0 Å². The minimum Gasteiger partial charge on any atom is -0.353 e. The number of aromatic nitrogens is 1. The van der Waals surface area contributed by atoms with Gasteiger partial charge in [0.05, 0.1) is 6.04 Å². The quantitative estimate of drug-likeness (QED) is 0.927. The minimum absolute atomic E-state index is 0.223. The van der Waals surface area contributed by atoms with Gasteiger partial charge in [-0.1, -0.05) is 12.8 Å². The van der Waals surface area contributed by atoms with Gasteiger partial charge in [-0.3, -0.25) is 4.79 Å². The summed E-state index contributed by atoms with van der Waals surface area (Å²) in [4.78, 5) is 14.8. The molecule has 0 saturated carbocycles. The summed E-state index contributed by atoms with van der Waals surface area (Å²) in [5.41, 5.74) is 6.99. The Balaban J connectivity index is 2.12. The Kier molecular flexibility index (Phi) is 5.09. The topological polar surface area (TPSA) is 51.3 Å².